The van der Waals surface area contributed by atoms with Crippen LogP contribution in [-0.4, -0.2) is 18.9 Å². The normalized spacial score (nSPS) is 11.4. The molecule has 0 aliphatic heterocycles. The lowest BCUT2D eigenvalue weighted by molar-refractivity contribution is 0.727. The monoisotopic (exact) mass is 338 g/mol. The van der Waals surface area contributed by atoms with Gasteiger partial charge in [-0.05, 0) is 24.6 Å². The largest absolute Gasteiger partial charge is 0.293 e. The number of nitrogens with zero attached hydrogens (tertiary/aromatic N) is 4. The standard InChI is InChI=1S/C17H14N4O2S/c1-2-12-8-13-16(24-12)18-10-20(17(13)23)9-11-7-15(22)21-6-4-3-5-14(21)19-11/h3-8,10H,2,9H2,1H3. The number of thiophene rings is 1. The second kappa shape index (κ2) is 5.68. The lowest BCUT2D eigenvalue weighted by atomic mass is 10.3. The predicted octanol–water partition coefficient (Wildman–Crippen LogP) is 2.08. The van der Waals surface area contributed by atoms with E-state index < -0.39 is 0 Å². The summed E-state index contributed by atoms with van der Waals surface area (Å²) in [7, 11) is 0. The average Bonchev–Trinajstić information content (AvgIpc) is 3.02. The first-order chi connectivity index (χ1) is 11.7. The van der Waals surface area contributed by atoms with Crippen LogP contribution >= 0.6 is 11.3 Å². The molecule has 4 aromatic rings. The summed E-state index contributed by atoms with van der Waals surface area (Å²) in [6, 6.07) is 8.72. The van der Waals surface area contributed by atoms with E-state index in [-0.39, 0.29) is 17.7 Å². The van der Waals surface area contributed by atoms with E-state index in [0.29, 0.717) is 16.7 Å². The zero-order valence-electron chi connectivity index (χ0n) is 13.0. The maximum atomic E-state index is 12.6. The first-order valence-electron chi connectivity index (χ1n) is 7.61. The van der Waals surface area contributed by atoms with Crippen LogP contribution in [0, 0.1) is 0 Å². The third-order valence-corrected chi connectivity index (χ3v) is 5.06. The Bertz CT molecular complexity index is 1170. The highest BCUT2D eigenvalue weighted by Crippen LogP contribution is 2.21. The molecule has 0 fully saturated rings. The van der Waals surface area contributed by atoms with Crippen molar-refractivity contribution in [2.24, 2.45) is 0 Å². The number of rotatable bonds is 3. The Morgan fingerprint density at radius 2 is 2.08 bits per heavy atom. The van der Waals surface area contributed by atoms with E-state index >= 15 is 0 Å². The molecular weight excluding hydrogens is 324 g/mol. The molecule has 0 saturated heterocycles. The molecule has 0 atom stereocenters. The van der Waals surface area contributed by atoms with Crippen molar-refractivity contribution < 1.29 is 0 Å². The van der Waals surface area contributed by atoms with E-state index in [1.54, 1.807) is 18.3 Å². The van der Waals surface area contributed by atoms with Crippen LogP contribution in [0.15, 0.2) is 52.4 Å². The first kappa shape index (κ1) is 14.8. The van der Waals surface area contributed by atoms with Gasteiger partial charge in [-0.1, -0.05) is 13.0 Å². The Hall–Kier alpha value is -2.80. The van der Waals surface area contributed by atoms with Gasteiger partial charge in [0.15, 0.2) is 0 Å². The van der Waals surface area contributed by atoms with Crippen molar-refractivity contribution in [3.63, 3.8) is 0 Å². The fraction of sp³-hybridized carbons (Fsp3) is 0.176. The van der Waals surface area contributed by atoms with Crippen molar-refractivity contribution in [1.82, 2.24) is 18.9 Å². The summed E-state index contributed by atoms with van der Waals surface area (Å²) in [6.07, 6.45) is 4.07. The van der Waals surface area contributed by atoms with Gasteiger partial charge in [0.05, 0.1) is 24.0 Å². The van der Waals surface area contributed by atoms with E-state index in [0.717, 1.165) is 16.1 Å². The van der Waals surface area contributed by atoms with E-state index in [9.17, 15) is 9.59 Å². The molecule has 0 aliphatic rings. The van der Waals surface area contributed by atoms with Crippen LogP contribution in [0.1, 0.15) is 17.5 Å². The molecule has 120 valence electrons. The molecule has 24 heavy (non-hydrogen) atoms. The van der Waals surface area contributed by atoms with E-state index in [1.165, 1.54) is 32.7 Å². The summed E-state index contributed by atoms with van der Waals surface area (Å²) in [5.74, 6) is 0. The van der Waals surface area contributed by atoms with Crippen molar-refractivity contribution in [1.29, 1.82) is 0 Å². The molecule has 0 aliphatic carbocycles. The Balaban J connectivity index is 1.80. The Labute approximate surface area is 140 Å². The van der Waals surface area contributed by atoms with Crippen LogP contribution in [-0.2, 0) is 13.0 Å². The number of fused-ring (bicyclic) bond motifs is 2. The molecule has 4 heterocycles. The molecule has 7 heteroatoms. The molecule has 0 unspecified atom stereocenters. The second-order valence-electron chi connectivity index (χ2n) is 5.48. The van der Waals surface area contributed by atoms with Crippen LogP contribution in [0.3, 0.4) is 0 Å². The van der Waals surface area contributed by atoms with Gasteiger partial charge in [-0.15, -0.1) is 11.3 Å². The van der Waals surface area contributed by atoms with Gasteiger partial charge in [-0.25, -0.2) is 9.97 Å². The van der Waals surface area contributed by atoms with Crippen molar-refractivity contribution in [2.45, 2.75) is 19.9 Å². The minimum absolute atomic E-state index is 0.106. The molecule has 6 nitrogen and oxygen atoms in total. The van der Waals surface area contributed by atoms with E-state index in [4.69, 9.17) is 0 Å². The first-order valence-corrected chi connectivity index (χ1v) is 8.42. The van der Waals surface area contributed by atoms with Gasteiger partial charge in [0.2, 0.25) is 0 Å². The van der Waals surface area contributed by atoms with Crippen LogP contribution in [0.5, 0.6) is 0 Å². The fourth-order valence-corrected chi connectivity index (χ4v) is 3.58. The Kier molecular flexibility index (Phi) is 3.50. The third kappa shape index (κ3) is 2.43. The van der Waals surface area contributed by atoms with Crippen molar-refractivity contribution in [3.05, 3.63) is 74.1 Å². The maximum Gasteiger partial charge on any atom is 0.262 e. The molecule has 0 N–H and O–H groups in total. The summed E-state index contributed by atoms with van der Waals surface area (Å²) in [5, 5.41) is 0.622. The second-order valence-corrected chi connectivity index (χ2v) is 6.59. The molecule has 4 aromatic heterocycles. The van der Waals surface area contributed by atoms with Crippen LogP contribution in [0.2, 0.25) is 0 Å². The molecule has 4 rings (SSSR count). The lowest BCUT2D eigenvalue weighted by Gasteiger charge is -2.06. The van der Waals surface area contributed by atoms with Crippen molar-refractivity contribution in [2.75, 3.05) is 0 Å². The van der Waals surface area contributed by atoms with E-state index in [1.807, 2.05) is 12.1 Å². The number of pyridine rings is 1. The zero-order valence-corrected chi connectivity index (χ0v) is 13.8. The fourth-order valence-electron chi connectivity index (χ4n) is 2.66. The molecule has 0 aromatic carbocycles. The number of hydrogen-bond acceptors (Lipinski definition) is 5. The van der Waals surface area contributed by atoms with E-state index in [2.05, 4.69) is 16.9 Å². The highest BCUT2D eigenvalue weighted by atomic mass is 32.1. The molecule has 0 radical (unpaired) electrons. The summed E-state index contributed by atoms with van der Waals surface area (Å²) < 4.78 is 2.97. The molecule has 0 bridgehead atoms. The van der Waals surface area contributed by atoms with Gasteiger partial charge in [-0.3, -0.25) is 18.6 Å². The highest BCUT2D eigenvalue weighted by molar-refractivity contribution is 7.18. The van der Waals surface area contributed by atoms with Gasteiger partial charge in [0, 0.05) is 17.1 Å². The lowest BCUT2D eigenvalue weighted by Crippen LogP contribution is -2.23. The highest BCUT2D eigenvalue weighted by Gasteiger charge is 2.10. The van der Waals surface area contributed by atoms with Gasteiger partial charge in [0.25, 0.3) is 11.1 Å². The summed E-state index contributed by atoms with van der Waals surface area (Å²) in [4.78, 5) is 35.5. The van der Waals surface area contributed by atoms with Crippen LogP contribution < -0.4 is 11.1 Å². The third-order valence-electron chi connectivity index (χ3n) is 3.87. The average molecular weight is 338 g/mol. The minimum atomic E-state index is -0.165. The SMILES string of the molecule is CCc1cc2c(=O)n(Cc3cc(=O)n4ccccc4n3)cnc2s1. The summed E-state index contributed by atoms with van der Waals surface area (Å²) >= 11 is 1.54. The predicted molar refractivity (Wildman–Crippen MR) is 93.8 cm³/mol. The number of aryl methyl sites for hydroxylation is 1. The summed E-state index contributed by atoms with van der Waals surface area (Å²) in [5.41, 5.74) is 0.832. The van der Waals surface area contributed by atoms with Crippen molar-refractivity contribution >= 4 is 27.2 Å². The summed E-state index contributed by atoms with van der Waals surface area (Å²) in [6.45, 7) is 2.27. The smallest absolute Gasteiger partial charge is 0.262 e. The minimum Gasteiger partial charge on any atom is -0.293 e. The van der Waals surface area contributed by atoms with Crippen LogP contribution in [0.25, 0.3) is 15.9 Å². The molecule has 0 saturated carbocycles. The topological polar surface area (TPSA) is 69.3 Å². The Morgan fingerprint density at radius 1 is 1.21 bits per heavy atom. The van der Waals surface area contributed by atoms with Gasteiger partial charge in [0.1, 0.15) is 10.5 Å². The number of hydrogen-bond donors (Lipinski definition) is 0. The molecular formula is C17H14N4O2S. The quantitative estimate of drug-likeness (QED) is 0.573. The van der Waals surface area contributed by atoms with Crippen molar-refractivity contribution in [3.8, 4) is 0 Å². The molecule has 0 spiro atoms. The molecule has 0 amide bonds. The number of aromatic nitrogens is 4. The zero-order chi connectivity index (χ0) is 16.7. The Morgan fingerprint density at radius 3 is 2.92 bits per heavy atom. The van der Waals surface area contributed by atoms with Crippen LogP contribution in [0.4, 0.5) is 0 Å². The van der Waals surface area contributed by atoms with Gasteiger partial charge < -0.3 is 0 Å². The van der Waals surface area contributed by atoms with Gasteiger partial charge >= 0.3 is 0 Å². The van der Waals surface area contributed by atoms with Gasteiger partial charge in [-0.2, -0.15) is 0 Å². The maximum absolute atomic E-state index is 12.6.